The van der Waals surface area contributed by atoms with Gasteiger partial charge >= 0.3 is 0 Å². The van der Waals surface area contributed by atoms with Crippen LogP contribution in [0.2, 0.25) is 0 Å². The molecule has 20 heavy (non-hydrogen) atoms. The minimum Gasteiger partial charge on any atom is -0.384 e. The second kappa shape index (κ2) is 6.27. The van der Waals surface area contributed by atoms with E-state index >= 15 is 0 Å². The fourth-order valence-corrected chi connectivity index (χ4v) is 3.29. The molecule has 106 valence electrons. The van der Waals surface area contributed by atoms with E-state index in [2.05, 4.69) is 60.1 Å². The summed E-state index contributed by atoms with van der Waals surface area (Å²) in [6.07, 6.45) is 5.31. The first-order valence-electron chi connectivity index (χ1n) is 7.75. The topological polar surface area (TPSA) is 24.1 Å². The quantitative estimate of drug-likeness (QED) is 0.875. The number of nitrogens with one attached hydrogen (secondary N) is 2. The van der Waals surface area contributed by atoms with Gasteiger partial charge in [-0.2, -0.15) is 0 Å². The van der Waals surface area contributed by atoms with Crippen molar-refractivity contribution < 1.29 is 0 Å². The number of hydrogen-bond acceptors (Lipinski definition) is 2. The molecule has 0 heterocycles. The number of fused-ring (bicyclic) bond motifs is 1. The maximum Gasteiger partial charge on any atom is 0.0419 e. The van der Waals surface area contributed by atoms with E-state index in [9.17, 15) is 0 Å². The van der Waals surface area contributed by atoms with Crippen molar-refractivity contribution in [3.8, 4) is 0 Å². The third kappa shape index (κ3) is 2.96. The van der Waals surface area contributed by atoms with Crippen LogP contribution < -0.4 is 10.6 Å². The van der Waals surface area contributed by atoms with Crippen molar-refractivity contribution in [3.63, 3.8) is 0 Å². The van der Waals surface area contributed by atoms with E-state index in [4.69, 9.17) is 0 Å². The van der Waals surface area contributed by atoms with E-state index in [-0.39, 0.29) is 0 Å². The molecule has 0 atom stereocenters. The Morgan fingerprint density at radius 2 is 1.70 bits per heavy atom. The van der Waals surface area contributed by atoms with Crippen LogP contribution in [0, 0.1) is 5.92 Å². The summed E-state index contributed by atoms with van der Waals surface area (Å²) >= 11 is 0. The molecule has 0 amide bonds. The molecule has 0 aliphatic heterocycles. The van der Waals surface area contributed by atoms with E-state index in [0.29, 0.717) is 0 Å². The molecule has 1 saturated carbocycles. The highest BCUT2D eigenvalue weighted by molar-refractivity contribution is 5.93. The number of benzene rings is 2. The molecular formula is C18H24N2. The van der Waals surface area contributed by atoms with Crippen LogP contribution in [0.25, 0.3) is 10.8 Å². The van der Waals surface area contributed by atoms with Crippen molar-refractivity contribution in [2.24, 2.45) is 5.92 Å². The second-order valence-electron chi connectivity index (χ2n) is 5.91. The van der Waals surface area contributed by atoms with E-state index in [0.717, 1.165) is 18.5 Å². The minimum atomic E-state index is 0.740. The Kier molecular flexibility index (Phi) is 4.22. The van der Waals surface area contributed by atoms with Crippen molar-refractivity contribution in [3.05, 3.63) is 42.5 Å². The minimum absolute atomic E-state index is 0.740. The lowest BCUT2D eigenvalue weighted by Gasteiger charge is -2.28. The molecule has 0 unspecified atom stereocenters. The lowest BCUT2D eigenvalue weighted by molar-refractivity contribution is 0.312. The van der Waals surface area contributed by atoms with E-state index in [1.54, 1.807) is 0 Å². The largest absolute Gasteiger partial charge is 0.384 e. The molecule has 3 rings (SSSR count). The average molecular weight is 268 g/mol. The first-order valence-corrected chi connectivity index (χ1v) is 7.75. The maximum atomic E-state index is 3.67. The third-order valence-electron chi connectivity index (χ3n) is 4.63. The standard InChI is InChI=1S/C18H24N2/c1-19-16-11-9-14(10-12-16)13-20-18-8-4-6-15-5-2-3-7-17(15)18/h2-8,14,16,19-20H,9-13H2,1H3. The van der Waals surface area contributed by atoms with Gasteiger partial charge in [0.15, 0.2) is 0 Å². The summed E-state index contributed by atoms with van der Waals surface area (Å²) in [6, 6.07) is 15.9. The molecule has 2 N–H and O–H groups in total. The van der Waals surface area contributed by atoms with Crippen LogP contribution in [0.15, 0.2) is 42.5 Å². The van der Waals surface area contributed by atoms with Crippen molar-refractivity contribution in [1.82, 2.24) is 5.32 Å². The van der Waals surface area contributed by atoms with Crippen LogP contribution in [0.1, 0.15) is 25.7 Å². The fourth-order valence-electron chi connectivity index (χ4n) is 3.29. The molecule has 0 saturated heterocycles. The van der Waals surface area contributed by atoms with Crippen LogP contribution in [0.5, 0.6) is 0 Å². The van der Waals surface area contributed by atoms with E-state index < -0.39 is 0 Å². The number of anilines is 1. The molecule has 1 fully saturated rings. The zero-order chi connectivity index (χ0) is 13.8. The number of hydrogen-bond donors (Lipinski definition) is 2. The summed E-state index contributed by atoms with van der Waals surface area (Å²) in [4.78, 5) is 0. The normalized spacial score (nSPS) is 22.9. The molecule has 0 aromatic heterocycles. The Morgan fingerprint density at radius 3 is 2.50 bits per heavy atom. The fraction of sp³-hybridized carbons (Fsp3) is 0.444. The van der Waals surface area contributed by atoms with Gasteiger partial charge in [-0.1, -0.05) is 36.4 Å². The Morgan fingerprint density at radius 1 is 0.950 bits per heavy atom. The molecule has 0 radical (unpaired) electrons. The van der Waals surface area contributed by atoms with Crippen molar-refractivity contribution >= 4 is 16.5 Å². The summed E-state index contributed by atoms with van der Waals surface area (Å²) in [5.41, 5.74) is 1.28. The summed E-state index contributed by atoms with van der Waals surface area (Å²) < 4.78 is 0. The number of rotatable bonds is 4. The maximum absolute atomic E-state index is 3.67. The Bertz CT molecular complexity index is 551. The van der Waals surface area contributed by atoms with Gasteiger partial charge in [0.1, 0.15) is 0 Å². The first-order chi connectivity index (χ1) is 9.86. The van der Waals surface area contributed by atoms with Gasteiger partial charge in [0, 0.05) is 23.7 Å². The van der Waals surface area contributed by atoms with Crippen molar-refractivity contribution in [1.29, 1.82) is 0 Å². The van der Waals surface area contributed by atoms with Gasteiger partial charge in [-0.05, 0) is 50.1 Å². The lowest BCUT2D eigenvalue weighted by atomic mass is 9.86. The lowest BCUT2D eigenvalue weighted by Crippen LogP contribution is -2.32. The molecule has 2 aromatic carbocycles. The summed E-state index contributed by atoms with van der Waals surface area (Å²) in [5.74, 6) is 0.818. The predicted molar refractivity (Wildman–Crippen MR) is 87.2 cm³/mol. The average Bonchev–Trinajstić information content (AvgIpc) is 2.53. The SMILES string of the molecule is CNC1CCC(CNc2cccc3ccccc23)CC1. The van der Waals surface area contributed by atoms with Crippen molar-refractivity contribution in [2.75, 3.05) is 18.9 Å². The zero-order valence-corrected chi connectivity index (χ0v) is 12.2. The van der Waals surface area contributed by atoms with Gasteiger partial charge in [-0.25, -0.2) is 0 Å². The Labute approximate surface area is 121 Å². The smallest absolute Gasteiger partial charge is 0.0419 e. The van der Waals surface area contributed by atoms with Crippen LogP contribution in [-0.2, 0) is 0 Å². The van der Waals surface area contributed by atoms with Gasteiger partial charge < -0.3 is 10.6 Å². The molecule has 2 aromatic rings. The van der Waals surface area contributed by atoms with Crippen LogP contribution in [0.4, 0.5) is 5.69 Å². The van der Waals surface area contributed by atoms with Gasteiger partial charge in [0.05, 0.1) is 0 Å². The molecule has 0 bridgehead atoms. The van der Waals surface area contributed by atoms with Gasteiger partial charge in [0.25, 0.3) is 0 Å². The third-order valence-corrected chi connectivity index (χ3v) is 4.63. The molecule has 1 aliphatic rings. The predicted octanol–water partition coefficient (Wildman–Crippen LogP) is 4.03. The highest BCUT2D eigenvalue weighted by atomic mass is 14.9. The van der Waals surface area contributed by atoms with E-state index in [1.807, 2.05) is 0 Å². The Hall–Kier alpha value is -1.54. The summed E-state index contributed by atoms with van der Waals surface area (Å²) in [5, 5.41) is 9.72. The van der Waals surface area contributed by atoms with E-state index in [1.165, 1.54) is 42.1 Å². The highest BCUT2D eigenvalue weighted by Crippen LogP contribution is 2.27. The first kappa shape index (κ1) is 13.4. The van der Waals surface area contributed by atoms with Crippen LogP contribution >= 0.6 is 0 Å². The Balaban J connectivity index is 1.63. The molecule has 2 heteroatoms. The highest BCUT2D eigenvalue weighted by Gasteiger charge is 2.19. The van der Waals surface area contributed by atoms with Gasteiger partial charge in [-0.3, -0.25) is 0 Å². The summed E-state index contributed by atoms with van der Waals surface area (Å²) in [7, 11) is 2.08. The second-order valence-corrected chi connectivity index (χ2v) is 5.91. The van der Waals surface area contributed by atoms with Crippen molar-refractivity contribution in [2.45, 2.75) is 31.7 Å². The monoisotopic (exact) mass is 268 g/mol. The molecular weight excluding hydrogens is 244 g/mol. The van der Waals surface area contributed by atoms with Crippen LogP contribution in [-0.4, -0.2) is 19.6 Å². The molecule has 0 spiro atoms. The van der Waals surface area contributed by atoms with Gasteiger partial charge in [0.2, 0.25) is 0 Å². The molecule has 1 aliphatic carbocycles. The van der Waals surface area contributed by atoms with Gasteiger partial charge in [-0.15, -0.1) is 0 Å². The zero-order valence-electron chi connectivity index (χ0n) is 12.2. The van der Waals surface area contributed by atoms with Crippen LogP contribution in [0.3, 0.4) is 0 Å². The summed E-state index contributed by atoms with van der Waals surface area (Å²) in [6.45, 7) is 1.10. The molecule has 2 nitrogen and oxygen atoms in total.